The highest BCUT2D eigenvalue weighted by Crippen LogP contribution is 2.48. The Morgan fingerprint density at radius 2 is 1.71 bits per heavy atom. The van der Waals surface area contributed by atoms with Gasteiger partial charge in [0.25, 0.3) is 0 Å². The molecule has 0 aromatic heterocycles. The first-order valence-electron chi connectivity index (χ1n) is 8.27. The predicted molar refractivity (Wildman–Crippen MR) is 80.9 cm³/mol. The van der Waals surface area contributed by atoms with E-state index in [2.05, 4.69) is 17.0 Å². The molecule has 1 aliphatic carbocycles. The maximum atomic E-state index is 13.3. The van der Waals surface area contributed by atoms with Crippen molar-refractivity contribution in [3.05, 3.63) is 35.9 Å². The highest BCUT2D eigenvalue weighted by atomic mass is 16.3. The van der Waals surface area contributed by atoms with Crippen LogP contribution in [0.4, 0.5) is 0 Å². The van der Waals surface area contributed by atoms with E-state index in [9.17, 15) is 9.90 Å². The summed E-state index contributed by atoms with van der Waals surface area (Å²) >= 11 is 0. The summed E-state index contributed by atoms with van der Waals surface area (Å²) in [5.74, 6) is 0.333. The molecular weight excluding hydrogens is 262 g/mol. The molecule has 1 aromatic rings. The summed E-state index contributed by atoms with van der Waals surface area (Å²) in [7, 11) is 0. The number of aliphatic hydroxyl groups is 1. The lowest BCUT2D eigenvalue weighted by atomic mass is 9.63. The molecular formula is C18H23NO2. The number of piperidine rings is 1. The summed E-state index contributed by atoms with van der Waals surface area (Å²) in [5.41, 5.74) is 0.913. The van der Waals surface area contributed by atoms with Crippen LogP contribution in [0.5, 0.6) is 0 Å². The second kappa shape index (κ2) is 4.84. The fourth-order valence-electron chi connectivity index (χ4n) is 4.64. The topological polar surface area (TPSA) is 40.5 Å². The third-order valence-corrected chi connectivity index (χ3v) is 5.89. The van der Waals surface area contributed by atoms with Crippen molar-refractivity contribution in [2.45, 2.75) is 68.5 Å². The molecule has 2 bridgehead atoms. The van der Waals surface area contributed by atoms with Crippen molar-refractivity contribution in [3.8, 4) is 0 Å². The van der Waals surface area contributed by atoms with Crippen LogP contribution in [-0.4, -0.2) is 34.1 Å². The molecule has 0 radical (unpaired) electrons. The molecule has 3 nitrogen and oxygen atoms in total. The van der Waals surface area contributed by atoms with E-state index in [4.69, 9.17) is 0 Å². The summed E-state index contributed by atoms with van der Waals surface area (Å²) in [6.45, 7) is 0. The number of nitrogens with zero attached hydrogens (tertiary/aromatic N) is 1. The summed E-state index contributed by atoms with van der Waals surface area (Å²) in [6.07, 6.45) is 6.58. The zero-order chi connectivity index (χ0) is 14.4. The maximum absolute atomic E-state index is 13.3. The van der Waals surface area contributed by atoms with Crippen LogP contribution in [0.25, 0.3) is 0 Å². The second-order valence-electron chi connectivity index (χ2n) is 7.02. The van der Waals surface area contributed by atoms with Crippen LogP contribution in [0.15, 0.2) is 30.3 Å². The van der Waals surface area contributed by atoms with Crippen LogP contribution >= 0.6 is 0 Å². The number of fused-ring (bicyclic) bond motifs is 2. The zero-order valence-electron chi connectivity index (χ0n) is 12.4. The van der Waals surface area contributed by atoms with E-state index in [1.807, 2.05) is 18.2 Å². The van der Waals surface area contributed by atoms with Gasteiger partial charge in [0.1, 0.15) is 0 Å². The van der Waals surface area contributed by atoms with Gasteiger partial charge in [-0.2, -0.15) is 0 Å². The molecule has 1 N–H and O–H groups in total. The minimum atomic E-state index is -0.273. The Morgan fingerprint density at radius 3 is 2.24 bits per heavy atom. The number of benzene rings is 1. The van der Waals surface area contributed by atoms with Gasteiger partial charge in [-0.05, 0) is 44.1 Å². The highest BCUT2D eigenvalue weighted by Gasteiger charge is 2.53. The van der Waals surface area contributed by atoms with E-state index in [1.54, 1.807) is 0 Å². The summed E-state index contributed by atoms with van der Waals surface area (Å²) < 4.78 is 0. The molecule has 2 heterocycles. The third-order valence-electron chi connectivity index (χ3n) is 5.89. The summed E-state index contributed by atoms with van der Waals surface area (Å²) in [5, 5.41) is 9.94. The van der Waals surface area contributed by atoms with E-state index in [0.29, 0.717) is 5.91 Å². The number of aliphatic hydroxyl groups excluding tert-OH is 1. The zero-order valence-corrected chi connectivity index (χ0v) is 12.4. The molecule has 2 atom stereocenters. The number of rotatable bonds is 2. The lowest BCUT2D eigenvalue weighted by Gasteiger charge is -2.48. The number of carbonyl (C=O) groups is 1. The van der Waals surface area contributed by atoms with Crippen molar-refractivity contribution in [2.24, 2.45) is 0 Å². The van der Waals surface area contributed by atoms with Crippen LogP contribution in [0.2, 0.25) is 0 Å². The van der Waals surface area contributed by atoms with Crippen molar-refractivity contribution in [2.75, 3.05) is 0 Å². The van der Waals surface area contributed by atoms with Crippen LogP contribution in [0.3, 0.4) is 0 Å². The average Bonchev–Trinajstić information content (AvgIpc) is 2.71. The van der Waals surface area contributed by atoms with Gasteiger partial charge in [-0.1, -0.05) is 36.8 Å². The molecule has 1 aromatic carbocycles. The van der Waals surface area contributed by atoms with Gasteiger partial charge in [0.05, 0.1) is 11.5 Å². The van der Waals surface area contributed by atoms with Crippen molar-refractivity contribution >= 4 is 5.91 Å². The molecule has 21 heavy (non-hydrogen) atoms. The van der Waals surface area contributed by atoms with Gasteiger partial charge in [0, 0.05) is 12.1 Å². The first kappa shape index (κ1) is 13.3. The Morgan fingerprint density at radius 1 is 1.10 bits per heavy atom. The number of carbonyl (C=O) groups excluding carboxylic acids is 1. The number of hydrogen-bond acceptors (Lipinski definition) is 2. The van der Waals surface area contributed by atoms with E-state index in [0.717, 1.165) is 44.9 Å². The Bertz CT molecular complexity index is 523. The van der Waals surface area contributed by atoms with Crippen molar-refractivity contribution in [3.63, 3.8) is 0 Å². The molecule has 3 aliphatic rings. The van der Waals surface area contributed by atoms with Crippen molar-refractivity contribution < 1.29 is 9.90 Å². The lowest BCUT2D eigenvalue weighted by molar-refractivity contribution is -0.147. The summed E-state index contributed by atoms with van der Waals surface area (Å²) in [4.78, 5) is 15.5. The normalized spacial score (nSPS) is 33.6. The van der Waals surface area contributed by atoms with E-state index < -0.39 is 0 Å². The molecule has 1 amide bonds. The number of hydrogen-bond donors (Lipinski definition) is 1. The molecule has 2 aliphatic heterocycles. The Kier molecular flexibility index (Phi) is 3.07. The van der Waals surface area contributed by atoms with Crippen LogP contribution in [-0.2, 0) is 10.2 Å². The molecule has 2 saturated heterocycles. The van der Waals surface area contributed by atoms with Crippen LogP contribution < -0.4 is 0 Å². The molecule has 4 rings (SSSR count). The standard InChI is InChI=1S/C18H23NO2/c20-16-11-14-7-8-15(12-16)19(14)17(21)18(9-4-10-18)13-5-2-1-3-6-13/h1-3,5-6,14-16,20H,4,7-12H2. The van der Waals surface area contributed by atoms with Gasteiger partial charge in [0.15, 0.2) is 0 Å². The van der Waals surface area contributed by atoms with Gasteiger partial charge in [0.2, 0.25) is 5.91 Å². The minimum Gasteiger partial charge on any atom is -0.393 e. The lowest BCUT2D eigenvalue weighted by Crippen LogP contribution is -2.57. The van der Waals surface area contributed by atoms with Gasteiger partial charge < -0.3 is 10.0 Å². The highest BCUT2D eigenvalue weighted by molar-refractivity contribution is 5.90. The average molecular weight is 285 g/mol. The number of amides is 1. The second-order valence-corrected chi connectivity index (χ2v) is 7.02. The van der Waals surface area contributed by atoms with E-state index in [1.165, 1.54) is 5.56 Å². The molecule has 3 fully saturated rings. The maximum Gasteiger partial charge on any atom is 0.233 e. The third kappa shape index (κ3) is 1.94. The Labute approximate surface area is 126 Å². The first-order chi connectivity index (χ1) is 10.2. The first-order valence-corrected chi connectivity index (χ1v) is 8.27. The van der Waals surface area contributed by atoms with Gasteiger partial charge >= 0.3 is 0 Å². The van der Waals surface area contributed by atoms with E-state index in [-0.39, 0.29) is 23.6 Å². The largest absolute Gasteiger partial charge is 0.393 e. The van der Waals surface area contributed by atoms with Gasteiger partial charge in [-0.15, -0.1) is 0 Å². The van der Waals surface area contributed by atoms with Gasteiger partial charge in [-0.25, -0.2) is 0 Å². The SMILES string of the molecule is O=C(N1C2CCC1CC(O)C2)C1(c2ccccc2)CCC1. The van der Waals surface area contributed by atoms with Gasteiger partial charge in [-0.3, -0.25) is 4.79 Å². The van der Waals surface area contributed by atoms with Crippen molar-refractivity contribution in [1.82, 2.24) is 4.90 Å². The monoisotopic (exact) mass is 285 g/mol. The van der Waals surface area contributed by atoms with Crippen LogP contribution in [0, 0.1) is 0 Å². The molecule has 2 unspecified atom stereocenters. The van der Waals surface area contributed by atoms with Crippen LogP contribution in [0.1, 0.15) is 50.5 Å². The Balaban J connectivity index is 1.65. The van der Waals surface area contributed by atoms with Crippen molar-refractivity contribution in [1.29, 1.82) is 0 Å². The molecule has 112 valence electrons. The minimum absolute atomic E-state index is 0.208. The molecule has 0 spiro atoms. The quantitative estimate of drug-likeness (QED) is 0.907. The fourth-order valence-corrected chi connectivity index (χ4v) is 4.64. The smallest absolute Gasteiger partial charge is 0.233 e. The Hall–Kier alpha value is -1.35. The predicted octanol–water partition coefficient (Wildman–Crippen LogP) is 2.62. The fraction of sp³-hybridized carbons (Fsp3) is 0.611. The molecule has 1 saturated carbocycles. The van der Waals surface area contributed by atoms with E-state index >= 15 is 0 Å². The summed E-state index contributed by atoms with van der Waals surface area (Å²) in [6, 6.07) is 10.9. The molecule has 3 heteroatoms.